The molecule has 0 saturated heterocycles. The molecule has 0 aliphatic carbocycles. The number of carbonyl (C=O) groups is 1. The van der Waals surface area contributed by atoms with Gasteiger partial charge in [0.15, 0.2) is 0 Å². The molecule has 0 amide bonds. The smallest absolute Gasteiger partial charge is 0.310 e. The van der Waals surface area contributed by atoms with Crippen molar-refractivity contribution in [2.24, 2.45) is 0 Å². The zero-order chi connectivity index (χ0) is 12.5. The van der Waals surface area contributed by atoms with Crippen LogP contribution in [0.5, 0.6) is 5.75 Å². The number of likely N-dealkylation sites (N-methyl/N-ethyl adjacent to an activating group) is 1. The molecule has 17 heavy (non-hydrogen) atoms. The molecule has 0 unspecified atom stereocenters. The van der Waals surface area contributed by atoms with Crippen molar-refractivity contribution >= 4 is 5.97 Å². The minimum atomic E-state index is -0.198. The minimum Gasteiger partial charge on any atom is -0.492 e. The lowest BCUT2D eigenvalue weighted by atomic mass is 10.1. The van der Waals surface area contributed by atoms with Crippen LogP contribution in [-0.2, 0) is 16.0 Å². The fraction of sp³-hybridized carbons (Fsp3) is 0.462. The molecule has 1 N–H and O–H groups in total. The van der Waals surface area contributed by atoms with E-state index in [1.54, 1.807) is 6.92 Å². The van der Waals surface area contributed by atoms with E-state index in [0.717, 1.165) is 17.9 Å². The van der Waals surface area contributed by atoms with Crippen LogP contribution in [0.25, 0.3) is 0 Å². The number of benzene rings is 1. The van der Waals surface area contributed by atoms with Crippen molar-refractivity contribution in [1.29, 1.82) is 0 Å². The molecule has 0 spiro atoms. The Balaban J connectivity index is 2.41. The maximum absolute atomic E-state index is 11.2. The van der Waals surface area contributed by atoms with Gasteiger partial charge in [-0.15, -0.1) is 0 Å². The summed E-state index contributed by atoms with van der Waals surface area (Å²) in [5.74, 6) is 0.615. The van der Waals surface area contributed by atoms with Crippen LogP contribution in [0.1, 0.15) is 12.5 Å². The van der Waals surface area contributed by atoms with Gasteiger partial charge in [-0.1, -0.05) is 12.1 Å². The number of rotatable bonds is 7. The lowest BCUT2D eigenvalue weighted by molar-refractivity contribution is -0.142. The van der Waals surface area contributed by atoms with Crippen molar-refractivity contribution in [3.8, 4) is 5.75 Å². The van der Waals surface area contributed by atoms with Gasteiger partial charge >= 0.3 is 5.97 Å². The molecular weight excluding hydrogens is 218 g/mol. The molecule has 0 bridgehead atoms. The Morgan fingerprint density at radius 3 is 2.59 bits per heavy atom. The topological polar surface area (TPSA) is 47.6 Å². The second-order valence-electron chi connectivity index (χ2n) is 3.58. The Labute approximate surface area is 102 Å². The van der Waals surface area contributed by atoms with Gasteiger partial charge < -0.3 is 14.8 Å². The first-order chi connectivity index (χ1) is 8.26. The summed E-state index contributed by atoms with van der Waals surface area (Å²) in [5, 5.41) is 3.00. The predicted molar refractivity (Wildman–Crippen MR) is 66.2 cm³/mol. The van der Waals surface area contributed by atoms with Crippen molar-refractivity contribution in [3.63, 3.8) is 0 Å². The second kappa shape index (κ2) is 7.68. The summed E-state index contributed by atoms with van der Waals surface area (Å²) in [4.78, 5) is 11.2. The van der Waals surface area contributed by atoms with Crippen molar-refractivity contribution in [1.82, 2.24) is 5.32 Å². The van der Waals surface area contributed by atoms with Crippen LogP contribution in [-0.4, -0.2) is 32.8 Å². The van der Waals surface area contributed by atoms with Crippen molar-refractivity contribution < 1.29 is 14.3 Å². The number of nitrogens with one attached hydrogen (secondary N) is 1. The SMILES string of the molecule is CCOC(=O)Cc1ccc(OCCNC)cc1. The molecule has 94 valence electrons. The molecule has 0 heterocycles. The molecule has 0 aliphatic rings. The number of hydrogen-bond donors (Lipinski definition) is 1. The first-order valence-electron chi connectivity index (χ1n) is 5.78. The maximum atomic E-state index is 11.2. The van der Waals surface area contributed by atoms with Gasteiger partial charge in [0, 0.05) is 6.54 Å². The monoisotopic (exact) mass is 237 g/mol. The Hall–Kier alpha value is -1.55. The highest BCUT2D eigenvalue weighted by molar-refractivity contribution is 5.72. The third-order valence-corrected chi connectivity index (χ3v) is 2.20. The van der Waals surface area contributed by atoms with Crippen molar-refractivity contribution in [2.75, 3.05) is 26.8 Å². The number of hydrogen-bond acceptors (Lipinski definition) is 4. The molecule has 0 aliphatic heterocycles. The van der Waals surface area contributed by atoms with Crippen molar-refractivity contribution in [3.05, 3.63) is 29.8 Å². The van der Waals surface area contributed by atoms with Crippen LogP contribution >= 0.6 is 0 Å². The molecule has 0 radical (unpaired) electrons. The maximum Gasteiger partial charge on any atom is 0.310 e. The van der Waals surface area contributed by atoms with E-state index in [4.69, 9.17) is 9.47 Å². The third kappa shape index (κ3) is 5.36. The summed E-state index contributed by atoms with van der Waals surface area (Å²) in [7, 11) is 1.88. The van der Waals surface area contributed by atoms with E-state index in [1.807, 2.05) is 31.3 Å². The second-order valence-corrected chi connectivity index (χ2v) is 3.58. The highest BCUT2D eigenvalue weighted by Crippen LogP contribution is 2.12. The minimum absolute atomic E-state index is 0.198. The Bertz CT molecular complexity index is 335. The quantitative estimate of drug-likeness (QED) is 0.575. The Morgan fingerprint density at radius 2 is 2.00 bits per heavy atom. The number of carbonyl (C=O) groups excluding carboxylic acids is 1. The lowest BCUT2D eigenvalue weighted by Gasteiger charge is -2.06. The van der Waals surface area contributed by atoms with E-state index in [9.17, 15) is 4.79 Å². The average molecular weight is 237 g/mol. The van der Waals surface area contributed by atoms with Crippen LogP contribution in [0.15, 0.2) is 24.3 Å². The summed E-state index contributed by atoms with van der Waals surface area (Å²) in [6.45, 7) is 3.67. The molecule has 0 aromatic heterocycles. The number of ether oxygens (including phenoxy) is 2. The Kier molecular flexibility index (Phi) is 6.10. The fourth-order valence-corrected chi connectivity index (χ4v) is 1.35. The van der Waals surface area contributed by atoms with Gasteiger partial charge in [-0.05, 0) is 31.7 Å². The molecule has 4 nitrogen and oxygen atoms in total. The molecule has 0 fully saturated rings. The fourth-order valence-electron chi connectivity index (χ4n) is 1.35. The molecule has 0 atom stereocenters. The number of esters is 1. The van der Waals surface area contributed by atoms with Crippen LogP contribution in [0.2, 0.25) is 0 Å². The van der Waals surface area contributed by atoms with Gasteiger partial charge in [-0.25, -0.2) is 0 Å². The normalized spacial score (nSPS) is 10.0. The highest BCUT2D eigenvalue weighted by Gasteiger charge is 2.03. The first kappa shape index (κ1) is 13.5. The molecule has 1 aromatic carbocycles. The third-order valence-electron chi connectivity index (χ3n) is 2.20. The molecule has 1 aromatic rings. The van der Waals surface area contributed by atoms with Gasteiger partial charge in [-0.2, -0.15) is 0 Å². The van der Waals surface area contributed by atoms with E-state index in [1.165, 1.54) is 0 Å². The summed E-state index contributed by atoms with van der Waals surface area (Å²) < 4.78 is 10.4. The predicted octanol–water partition coefficient (Wildman–Crippen LogP) is 1.39. The van der Waals surface area contributed by atoms with Crippen LogP contribution in [0, 0.1) is 0 Å². The van der Waals surface area contributed by atoms with Gasteiger partial charge in [0.25, 0.3) is 0 Å². The summed E-state index contributed by atoms with van der Waals surface area (Å²) in [6, 6.07) is 7.49. The van der Waals surface area contributed by atoms with Gasteiger partial charge in [-0.3, -0.25) is 4.79 Å². The molecule has 1 rings (SSSR count). The van der Waals surface area contributed by atoms with E-state index in [2.05, 4.69) is 5.32 Å². The lowest BCUT2D eigenvalue weighted by Crippen LogP contribution is -2.15. The van der Waals surface area contributed by atoms with E-state index < -0.39 is 0 Å². The average Bonchev–Trinajstić information content (AvgIpc) is 2.32. The summed E-state index contributed by atoms with van der Waals surface area (Å²) >= 11 is 0. The molecule has 4 heteroatoms. The van der Waals surface area contributed by atoms with Crippen LogP contribution < -0.4 is 10.1 Å². The zero-order valence-corrected chi connectivity index (χ0v) is 10.4. The van der Waals surface area contributed by atoms with Gasteiger partial charge in [0.2, 0.25) is 0 Å². The van der Waals surface area contributed by atoms with E-state index in [-0.39, 0.29) is 5.97 Å². The van der Waals surface area contributed by atoms with Gasteiger partial charge in [0.1, 0.15) is 12.4 Å². The van der Waals surface area contributed by atoms with Crippen LogP contribution in [0.3, 0.4) is 0 Å². The Morgan fingerprint density at radius 1 is 1.29 bits per heavy atom. The largest absolute Gasteiger partial charge is 0.492 e. The molecule has 0 saturated carbocycles. The first-order valence-corrected chi connectivity index (χ1v) is 5.78. The van der Waals surface area contributed by atoms with Crippen molar-refractivity contribution in [2.45, 2.75) is 13.3 Å². The standard InChI is InChI=1S/C13H19NO3/c1-3-16-13(15)10-11-4-6-12(7-5-11)17-9-8-14-2/h4-7,14H,3,8-10H2,1-2H3. The highest BCUT2D eigenvalue weighted by atomic mass is 16.5. The van der Waals surface area contributed by atoms with E-state index >= 15 is 0 Å². The summed E-state index contributed by atoms with van der Waals surface area (Å²) in [5.41, 5.74) is 0.935. The van der Waals surface area contributed by atoms with E-state index in [0.29, 0.717) is 19.6 Å². The summed E-state index contributed by atoms with van der Waals surface area (Å²) in [6.07, 6.45) is 0.310. The van der Waals surface area contributed by atoms with Gasteiger partial charge in [0.05, 0.1) is 13.0 Å². The van der Waals surface area contributed by atoms with Crippen LogP contribution in [0.4, 0.5) is 0 Å². The molecular formula is C13H19NO3. The zero-order valence-electron chi connectivity index (χ0n) is 10.4.